The van der Waals surface area contributed by atoms with Crippen molar-refractivity contribution >= 4 is 0 Å². The van der Waals surface area contributed by atoms with E-state index in [4.69, 9.17) is 0 Å². The Balaban J connectivity index is 1.81. The molecule has 7 nitrogen and oxygen atoms in total. The number of allylic oxidation sites excluding steroid dienone is 1. The van der Waals surface area contributed by atoms with Gasteiger partial charge in [-0.3, -0.25) is 4.98 Å². The molecule has 7 heteroatoms. The van der Waals surface area contributed by atoms with Crippen LogP contribution in [0.1, 0.15) is 49.2 Å². The molecule has 3 N–H and O–H groups in total. The number of tetrazole rings is 1. The van der Waals surface area contributed by atoms with Gasteiger partial charge in [-0.1, -0.05) is 26.5 Å². The first-order chi connectivity index (χ1) is 12.1. The van der Waals surface area contributed by atoms with Gasteiger partial charge < -0.3 is 10.4 Å². The van der Waals surface area contributed by atoms with Crippen LogP contribution in [0.5, 0.6) is 0 Å². The molecular formula is C18H26N6O. The molecule has 1 aliphatic heterocycles. The van der Waals surface area contributed by atoms with Gasteiger partial charge >= 0.3 is 0 Å². The standard InChI is InChI=1S/C18H26N6O/c1-11(2)17(12(3)25)16(18-21-23-24-22-18)8-15-5-4-13(10-20-15)14-6-7-19-9-14/h4-5,10-11,14,16-17,19,25H,3,6-9H2,1-2H3,(H,21,22,23,24)/t14?,16-,17+/m0/s1. The molecule has 0 radical (unpaired) electrons. The second kappa shape index (κ2) is 7.74. The molecule has 3 atom stereocenters. The molecule has 3 rings (SSSR count). The van der Waals surface area contributed by atoms with Gasteiger partial charge in [0.1, 0.15) is 0 Å². The average Bonchev–Trinajstić information content (AvgIpc) is 3.28. The Bertz CT molecular complexity index is 676. The Morgan fingerprint density at radius 1 is 1.40 bits per heavy atom. The lowest BCUT2D eigenvalue weighted by Crippen LogP contribution is -2.24. The number of pyridine rings is 1. The lowest BCUT2D eigenvalue weighted by Gasteiger charge is -2.27. The highest BCUT2D eigenvalue weighted by Gasteiger charge is 2.31. The van der Waals surface area contributed by atoms with E-state index >= 15 is 0 Å². The number of nitrogens with zero attached hydrogens (tertiary/aromatic N) is 4. The molecule has 1 unspecified atom stereocenters. The lowest BCUT2D eigenvalue weighted by atomic mass is 9.79. The minimum atomic E-state index is -0.143. The number of aromatic amines is 1. The van der Waals surface area contributed by atoms with Crippen LogP contribution in [0.2, 0.25) is 0 Å². The number of aromatic nitrogens is 5. The summed E-state index contributed by atoms with van der Waals surface area (Å²) in [6, 6.07) is 4.23. The van der Waals surface area contributed by atoms with Crippen LogP contribution >= 0.6 is 0 Å². The number of rotatable bonds is 7. The predicted molar refractivity (Wildman–Crippen MR) is 95.2 cm³/mol. The number of aliphatic hydroxyl groups excluding tert-OH is 1. The normalized spacial score (nSPS) is 19.9. The van der Waals surface area contributed by atoms with Gasteiger partial charge in [-0.05, 0) is 46.9 Å². The van der Waals surface area contributed by atoms with Crippen molar-refractivity contribution in [3.63, 3.8) is 0 Å². The fourth-order valence-corrected chi connectivity index (χ4v) is 3.76. The molecule has 134 valence electrons. The van der Waals surface area contributed by atoms with Crippen LogP contribution in [0, 0.1) is 11.8 Å². The first-order valence-corrected chi connectivity index (χ1v) is 8.83. The van der Waals surface area contributed by atoms with Gasteiger partial charge in [0.25, 0.3) is 0 Å². The van der Waals surface area contributed by atoms with Crippen molar-refractivity contribution in [2.24, 2.45) is 11.8 Å². The second-order valence-electron chi connectivity index (χ2n) is 7.13. The largest absolute Gasteiger partial charge is 0.513 e. The Morgan fingerprint density at radius 2 is 2.24 bits per heavy atom. The van der Waals surface area contributed by atoms with Crippen LogP contribution in [-0.4, -0.2) is 43.8 Å². The molecule has 1 saturated heterocycles. The van der Waals surface area contributed by atoms with E-state index in [0.717, 1.165) is 25.2 Å². The first kappa shape index (κ1) is 17.5. The highest BCUT2D eigenvalue weighted by molar-refractivity contribution is 5.21. The minimum Gasteiger partial charge on any atom is -0.513 e. The summed E-state index contributed by atoms with van der Waals surface area (Å²) >= 11 is 0. The van der Waals surface area contributed by atoms with Gasteiger partial charge in [0, 0.05) is 36.7 Å². The maximum absolute atomic E-state index is 10.1. The quantitative estimate of drug-likeness (QED) is 0.668. The zero-order valence-electron chi connectivity index (χ0n) is 14.8. The molecule has 2 aromatic rings. The van der Waals surface area contributed by atoms with Crippen molar-refractivity contribution in [1.82, 2.24) is 30.9 Å². The van der Waals surface area contributed by atoms with E-state index < -0.39 is 0 Å². The summed E-state index contributed by atoms with van der Waals surface area (Å²) in [6.45, 7) is 9.98. The minimum absolute atomic E-state index is 0.0982. The van der Waals surface area contributed by atoms with E-state index in [1.54, 1.807) is 0 Å². The summed E-state index contributed by atoms with van der Waals surface area (Å²) in [5.74, 6) is 1.33. The summed E-state index contributed by atoms with van der Waals surface area (Å²) in [5.41, 5.74) is 2.24. The molecule has 2 aromatic heterocycles. The average molecular weight is 342 g/mol. The molecule has 3 heterocycles. The molecule has 25 heavy (non-hydrogen) atoms. The third-order valence-electron chi connectivity index (χ3n) is 5.06. The number of hydrogen-bond acceptors (Lipinski definition) is 6. The van der Waals surface area contributed by atoms with Crippen LogP contribution in [-0.2, 0) is 6.42 Å². The van der Waals surface area contributed by atoms with E-state index in [1.807, 2.05) is 6.20 Å². The molecule has 0 aliphatic carbocycles. The number of aliphatic hydroxyl groups is 1. The molecule has 0 saturated carbocycles. The molecule has 1 fully saturated rings. The Morgan fingerprint density at radius 3 is 2.76 bits per heavy atom. The maximum Gasteiger partial charge on any atom is 0.152 e. The van der Waals surface area contributed by atoms with E-state index in [0.29, 0.717) is 18.2 Å². The van der Waals surface area contributed by atoms with E-state index in [9.17, 15) is 5.11 Å². The van der Waals surface area contributed by atoms with E-state index in [2.05, 4.69) is 63.5 Å². The van der Waals surface area contributed by atoms with Crippen LogP contribution in [0.3, 0.4) is 0 Å². The second-order valence-corrected chi connectivity index (χ2v) is 7.13. The molecule has 0 bridgehead atoms. The topological polar surface area (TPSA) is 99.6 Å². The highest BCUT2D eigenvalue weighted by atomic mass is 16.3. The summed E-state index contributed by atoms with van der Waals surface area (Å²) in [5, 5.41) is 27.8. The van der Waals surface area contributed by atoms with Crippen molar-refractivity contribution in [2.75, 3.05) is 13.1 Å². The monoisotopic (exact) mass is 342 g/mol. The van der Waals surface area contributed by atoms with Crippen molar-refractivity contribution in [1.29, 1.82) is 0 Å². The third-order valence-corrected chi connectivity index (χ3v) is 5.06. The zero-order valence-corrected chi connectivity index (χ0v) is 14.8. The van der Waals surface area contributed by atoms with Crippen molar-refractivity contribution < 1.29 is 5.11 Å². The van der Waals surface area contributed by atoms with Gasteiger partial charge in [0.2, 0.25) is 0 Å². The summed E-state index contributed by atoms with van der Waals surface area (Å²) in [7, 11) is 0. The van der Waals surface area contributed by atoms with Gasteiger partial charge in [-0.15, -0.1) is 5.10 Å². The summed E-state index contributed by atoms with van der Waals surface area (Å²) in [4.78, 5) is 4.65. The van der Waals surface area contributed by atoms with Crippen LogP contribution in [0.15, 0.2) is 30.7 Å². The van der Waals surface area contributed by atoms with Gasteiger partial charge in [-0.2, -0.15) is 0 Å². The number of nitrogens with one attached hydrogen (secondary N) is 2. The molecule has 1 aliphatic rings. The fraction of sp³-hybridized carbons (Fsp3) is 0.556. The molecule has 0 aromatic carbocycles. The number of H-pyrrole nitrogens is 1. The highest BCUT2D eigenvalue weighted by Crippen LogP contribution is 2.35. The number of hydrogen-bond donors (Lipinski definition) is 3. The fourth-order valence-electron chi connectivity index (χ4n) is 3.76. The predicted octanol–water partition coefficient (Wildman–Crippen LogP) is 2.34. The van der Waals surface area contributed by atoms with Gasteiger partial charge in [0.15, 0.2) is 5.82 Å². The van der Waals surface area contributed by atoms with Crippen LogP contribution in [0.4, 0.5) is 0 Å². The summed E-state index contributed by atoms with van der Waals surface area (Å²) < 4.78 is 0. The maximum atomic E-state index is 10.1. The van der Waals surface area contributed by atoms with Gasteiger partial charge in [-0.25, -0.2) is 5.10 Å². The summed E-state index contributed by atoms with van der Waals surface area (Å²) in [6.07, 6.45) is 3.77. The lowest BCUT2D eigenvalue weighted by molar-refractivity contribution is 0.243. The van der Waals surface area contributed by atoms with Crippen LogP contribution in [0.25, 0.3) is 0 Å². The molecular weight excluding hydrogens is 316 g/mol. The van der Waals surface area contributed by atoms with Crippen LogP contribution < -0.4 is 5.32 Å². The Hall–Kier alpha value is -2.28. The first-order valence-electron chi connectivity index (χ1n) is 8.83. The smallest absolute Gasteiger partial charge is 0.152 e. The van der Waals surface area contributed by atoms with Crippen molar-refractivity contribution in [3.8, 4) is 0 Å². The molecule has 0 amide bonds. The van der Waals surface area contributed by atoms with Crippen molar-refractivity contribution in [2.45, 2.75) is 38.5 Å². The molecule has 0 spiro atoms. The Kier molecular flexibility index (Phi) is 5.43. The zero-order chi connectivity index (χ0) is 17.8. The van der Waals surface area contributed by atoms with Gasteiger partial charge in [0.05, 0.1) is 5.76 Å². The Labute approximate surface area is 148 Å². The van der Waals surface area contributed by atoms with Crippen molar-refractivity contribution in [3.05, 3.63) is 47.7 Å². The SMILES string of the molecule is C=C(O)[C@@H](C(C)C)[C@H](Cc1ccc(C2CCNC2)cn1)c1nnn[nH]1. The van der Waals surface area contributed by atoms with E-state index in [-0.39, 0.29) is 23.5 Å². The third kappa shape index (κ3) is 4.04. The van der Waals surface area contributed by atoms with E-state index in [1.165, 1.54) is 5.56 Å².